The van der Waals surface area contributed by atoms with E-state index < -0.39 is 10.1 Å². The van der Waals surface area contributed by atoms with E-state index in [0.717, 1.165) is 18.4 Å². The van der Waals surface area contributed by atoms with Crippen LogP contribution in [0.1, 0.15) is 96.0 Å². The van der Waals surface area contributed by atoms with Crippen LogP contribution in [0.15, 0.2) is 24.3 Å². The van der Waals surface area contributed by atoms with E-state index in [1.165, 1.54) is 64.2 Å². The van der Waals surface area contributed by atoms with E-state index in [4.69, 9.17) is 4.18 Å². The molecule has 0 aliphatic heterocycles. The third-order valence-electron chi connectivity index (χ3n) is 4.81. The zero-order valence-corrected chi connectivity index (χ0v) is 17.7. The Hall–Kier alpha value is -1.03. The molecule has 3 nitrogen and oxygen atoms in total. The van der Waals surface area contributed by atoms with Gasteiger partial charge in [-0.3, -0.25) is 0 Å². The monoisotopic (exact) mass is 382 g/mol. The van der Waals surface area contributed by atoms with Crippen molar-refractivity contribution in [3.63, 3.8) is 0 Å². The molecule has 26 heavy (non-hydrogen) atoms. The number of aryl methyl sites for hydroxylation is 1. The minimum Gasteiger partial charge on any atom is -0.382 e. The molecule has 0 saturated heterocycles. The second-order valence-electron chi connectivity index (χ2n) is 7.35. The van der Waals surface area contributed by atoms with Gasteiger partial charge in [0.2, 0.25) is 0 Å². The summed E-state index contributed by atoms with van der Waals surface area (Å²) in [6.07, 6.45) is 16.2. The van der Waals surface area contributed by atoms with Crippen LogP contribution in [0.4, 0.5) is 0 Å². The molecule has 1 aromatic rings. The van der Waals surface area contributed by atoms with Crippen LogP contribution in [0.3, 0.4) is 0 Å². The van der Waals surface area contributed by atoms with Crippen LogP contribution in [0.5, 0.6) is 5.75 Å². The van der Waals surface area contributed by atoms with Crippen LogP contribution in [-0.4, -0.2) is 14.2 Å². The van der Waals surface area contributed by atoms with Gasteiger partial charge in [0.15, 0.2) is 0 Å². The zero-order chi connectivity index (χ0) is 19.1. The molecule has 1 aromatic carbocycles. The van der Waals surface area contributed by atoms with Crippen molar-refractivity contribution in [1.82, 2.24) is 0 Å². The van der Waals surface area contributed by atoms with Gasteiger partial charge in [-0.05, 0) is 25.0 Å². The summed E-state index contributed by atoms with van der Waals surface area (Å²) in [7, 11) is -3.47. The Kier molecular flexibility index (Phi) is 12.5. The molecule has 0 amide bonds. The number of hydrogen-bond acceptors (Lipinski definition) is 3. The van der Waals surface area contributed by atoms with E-state index in [1.54, 1.807) is 12.1 Å². The maximum atomic E-state index is 12.0. The Balaban J connectivity index is 1.97. The van der Waals surface area contributed by atoms with Crippen LogP contribution in [-0.2, 0) is 10.1 Å². The lowest BCUT2D eigenvalue weighted by atomic mass is 10.1. The fourth-order valence-corrected chi connectivity index (χ4v) is 4.23. The van der Waals surface area contributed by atoms with Crippen molar-refractivity contribution in [2.24, 2.45) is 0 Å². The smallest absolute Gasteiger partial charge is 0.309 e. The Labute approximate surface area is 161 Å². The fourth-order valence-electron chi connectivity index (χ4n) is 3.12. The van der Waals surface area contributed by atoms with Gasteiger partial charge in [-0.15, -0.1) is 0 Å². The third kappa shape index (κ3) is 11.6. The number of rotatable bonds is 16. The van der Waals surface area contributed by atoms with E-state index in [0.29, 0.717) is 12.2 Å². The molecule has 0 aliphatic rings. The molecule has 0 atom stereocenters. The van der Waals surface area contributed by atoms with Gasteiger partial charge in [0.05, 0.1) is 5.75 Å². The molecule has 0 bridgehead atoms. The Morgan fingerprint density at radius 3 is 1.69 bits per heavy atom. The second-order valence-corrected chi connectivity index (χ2v) is 9.04. The molecule has 0 radical (unpaired) electrons. The van der Waals surface area contributed by atoms with E-state index in [1.807, 2.05) is 19.1 Å². The van der Waals surface area contributed by atoms with Gasteiger partial charge < -0.3 is 4.18 Å². The summed E-state index contributed by atoms with van der Waals surface area (Å²) in [6, 6.07) is 7.23. The van der Waals surface area contributed by atoms with E-state index in [-0.39, 0.29) is 5.75 Å². The summed E-state index contributed by atoms with van der Waals surface area (Å²) in [5.74, 6) is 0.557. The minimum atomic E-state index is -3.47. The lowest BCUT2D eigenvalue weighted by Gasteiger charge is -2.09. The topological polar surface area (TPSA) is 43.4 Å². The maximum Gasteiger partial charge on any atom is 0.309 e. The summed E-state index contributed by atoms with van der Waals surface area (Å²) >= 11 is 0. The maximum absolute atomic E-state index is 12.0. The van der Waals surface area contributed by atoms with Crippen molar-refractivity contribution in [3.8, 4) is 5.75 Å². The van der Waals surface area contributed by atoms with Crippen molar-refractivity contribution < 1.29 is 12.6 Å². The molecule has 0 spiro atoms. The van der Waals surface area contributed by atoms with Gasteiger partial charge in [-0.25, -0.2) is 0 Å². The highest BCUT2D eigenvalue weighted by Crippen LogP contribution is 2.19. The highest BCUT2D eigenvalue weighted by molar-refractivity contribution is 7.87. The van der Waals surface area contributed by atoms with Crippen LogP contribution in [0.2, 0.25) is 0 Å². The number of unbranched alkanes of at least 4 members (excludes halogenated alkanes) is 12. The van der Waals surface area contributed by atoms with Crippen LogP contribution < -0.4 is 4.18 Å². The first-order valence-electron chi connectivity index (χ1n) is 10.5. The second kappa shape index (κ2) is 14.1. The highest BCUT2D eigenvalue weighted by Gasteiger charge is 2.13. The first kappa shape index (κ1) is 23.0. The summed E-state index contributed by atoms with van der Waals surface area (Å²) in [5, 5.41) is 0. The zero-order valence-electron chi connectivity index (χ0n) is 16.8. The van der Waals surface area contributed by atoms with E-state index >= 15 is 0 Å². The molecule has 0 aromatic heterocycles. The summed E-state index contributed by atoms with van der Waals surface area (Å²) in [5.41, 5.74) is 0.849. The van der Waals surface area contributed by atoms with E-state index in [9.17, 15) is 8.42 Å². The average Bonchev–Trinajstić information content (AvgIpc) is 2.61. The van der Waals surface area contributed by atoms with Gasteiger partial charge in [-0.2, -0.15) is 8.42 Å². The number of para-hydroxylation sites is 1. The van der Waals surface area contributed by atoms with E-state index in [2.05, 4.69) is 6.92 Å². The Bertz CT molecular complexity index is 567. The van der Waals surface area contributed by atoms with Crippen LogP contribution in [0, 0.1) is 6.92 Å². The van der Waals surface area contributed by atoms with Crippen LogP contribution in [0.25, 0.3) is 0 Å². The summed E-state index contributed by atoms with van der Waals surface area (Å²) in [4.78, 5) is 0. The van der Waals surface area contributed by atoms with Gasteiger partial charge in [0.1, 0.15) is 5.75 Å². The standard InChI is InChI=1S/C22H38O3S/c1-3-4-5-6-7-8-9-10-11-12-13-14-17-20-26(23,24)25-22-19-16-15-18-21(22)2/h15-16,18-19H,3-14,17,20H2,1-2H3. The summed E-state index contributed by atoms with van der Waals surface area (Å²) < 4.78 is 29.3. The quantitative estimate of drug-likeness (QED) is 0.233. The number of benzene rings is 1. The third-order valence-corrected chi connectivity index (χ3v) is 6.03. The predicted molar refractivity (Wildman–Crippen MR) is 111 cm³/mol. The predicted octanol–water partition coefficient (Wildman–Crippen LogP) is 6.79. The highest BCUT2D eigenvalue weighted by atomic mass is 32.2. The molecular weight excluding hydrogens is 344 g/mol. The molecule has 0 fully saturated rings. The largest absolute Gasteiger partial charge is 0.382 e. The lowest BCUT2D eigenvalue weighted by Crippen LogP contribution is -2.14. The minimum absolute atomic E-state index is 0.110. The Morgan fingerprint density at radius 1 is 0.731 bits per heavy atom. The van der Waals surface area contributed by atoms with Crippen molar-refractivity contribution in [1.29, 1.82) is 0 Å². The van der Waals surface area contributed by atoms with Crippen LogP contribution >= 0.6 is 0 Å². The van der Waals surface area contributed by atoms with Crippen molar-refractivity contribution >= 4 is 10.1 Å². The lowest BCUT2D eigenvalue weighted by molar-refractivity contribution is 0.479. The first-order chi connectivity index (χ1) is 12.5. The fraction of sp³-hybridized carbons (Fsp3) is 0.727. The molecule has 1 rings (SSSR count). The molecule has 0 unspecified atom stereocenters. The molecule has 0 saturated carbocycles. The van der Waals surface area contributed by atoms with Gasteiger partial charge in [0.25, 0.3) is 0 Å². The molecule has 150 valence electrons. The molecule has 0 N–H and O–H groups in total. The summed E-state index contributed by atoms with van der Waals surface area (Å²) in [6.45, 7) is 4.11. The molecular formula is C22H38O3S. The van der Waals surface area contributed by atoms with Crippen molar-refractivity contribution in [2.75, 3.05) is 5.75 Å². The van der Waals surface area contributed by atoms with Crippen molar-refractivity contribution in [2.45, 2.75) is 97.3 Å². The molecule has 0 aliphatic carbocycles. The van der Waals surface area contributed by atoms with Gasteiger partial charge >= 0.3 is 10.1 Å². The average molecular weight is 383 g/mol. The van der Waals surface area contributed by atoms with Gasteiger partial charge in [0, 0.05) is 0 Å². The normalized spacial score (nSPS) is 11.6. The Morgan fingerprint density at radius 2 is 1.19 bits per heavy atom. The van der Waals surface area contributed by atoms with Gasteiger partial charge in [-0.1, -0.05) is 102 Å². The molecule has 4 heteroatoms. The molecule has 0 heterocycles. The SMILES string of the molecule is CCCCCCCCCCCCCCCS(=O)(=O)Oc1ccccc1C. The van der Waals surface area contributed by atoms with Crippen molar-refractivity contribution in [3.05, 3.63) is 29.8 Å². The number of hydrogen-bond donors (Lipinski definition) is 0. The first-order valence-corrected chi connectivity index (χ1v) is 12.1.